The summed E-state index contributed by atoms with van der Waals surface area (Å²) in [6.07, 6.45) is 0. The molecule has 0 fully saturated rings. The van der Waals surface area contributed by atoms with Crippen molar-refractivity contribution in [3.05, 3.63) is 40.8 Å². The third kappa shape index (κ3) is 3.04. The number of nitrogens with zero attached hydrogens (tertiary/aromatic N) is 3. The van der Waals surface area contributed by atoms with Crippen LogP contribution in [-0.4, -0.2) is 23.2 Å². The van der Waals surface area contributed by atoms with Gasteiger partial charge in [0.15, 0.2) is 0 Å². The fourth-order valence-corrected chi connectivity index (χ4v) is 1.44. The van der Waals surface area contributed by atoms with E-state index in [0.29, 0.717) is 5.56 Å². The predicted molar refractivity (Wildman–Crippen MR) is 59.0 cm³/mol. The molecule has 0 aliphatic heterocycles. The van der Waals surface area contributed by atoms with Gasteiger partial charge < -0.3 is 5.11 Å². The van der Waals surface area contributed by atoms with Crippen LogP contribution in [0.3, 0.4) is 0 Å². The molecule has 1 aromatic rings. The second-order valence-electron chi connectivity index (χ2n) is 3.70. The second-order valence-corrected chi connectivity index (χ2v) is 3.70. The van der Waals surface area contributed by atoms with Gasteiger partial charge in [-0.15, -0.1) is 4.91 Å². The highest BCUT2D eigenvalue weighted by Crippen LogP contribution is 2.21. The van der Waals surface area contributed by atoms with Crippen molar-refractivity contribution in [1.82, 2.24) is 5.01 Å². The highest BCUT2D eigenvalue weighted by Gasteiger charge is 2.26. The van der Waals surface area contributed by atoms with E-state index >= 15 is 0 Å². The van der Waals surface area contributed by atoms with Crippen molar-refractivity contribution in [2.75, 3.05) is 13.1 Å². The molecule has 0 amide bonds. The Morgan fingerprint density at radius 2 is 2.12 bits per heavy atom. The van der Waals surface area contributed by atoms with Gasteiger partial charge in [0.05, 0.1) is 17.9 Å². The van der Waals surface area contributed by atoms with E-state index in [4.69, 9.17) is 5.26 Å². The van der Waals surface area contributed by atoms with Crippen molar-refractivity contribution in [3.8, 4) is 6.07 Å². The number of nitroso groups, excluding NO2 is 1. The second kappa shape index (κ2) is 5.24. The zero-order valence-electron chi connectivity index (χ0n) is 9.00. The van der Waals surface area contributed by atoms with Crippen LogP contribution in [0.15, 0.2) is 35.6 Å². The standard InChI is InChI=1S/C11H13N3O2/c1-11(15,9-14(13-16)8-7-12)10-5-3-2-4-6-10/h2-6,15H,8-9H2,1H3. The predicted octanol–water partition coefficient (Wildman–Crippen LogP) is 1.40. The lowest BCUT2D eigenvalue weighted by Gasteiger charge is -2.27. The largest absolute Gasteiger partial charge is 0.384 e. The van der Waals surface area contributed by atoms with Gasteiger partial charge >= 0.3 is 0 Å². The average Bonchev–Trinajstić information content (AvgIpc) is 2.29. The van der Waals surface area contributed by atoms with E-state index in [1.165, 1.54) is 0 Å². The maximum atomic E-state index is 10.4. The molecule has 1 N–H and O–H groups in total. The van der Waals surface area contributed by atoms with Crippen LogP contribution in [0.1, 0.15) is 12.5 Å². The van der Waals surface area contributed by atoms with Crippen LogP contribution >= 0.6 is 0 Å². The molecule has 0 spiro atoms. The quantitative estimate of drug-likeness (QED) is 0.461. The minimum absolute atomic E-state index is 0.00588. The smallest absolute Gasteiger partial charge is 0.126 e. The molecule has 1 aromatic carbocycles. The normalized spacial score (nSPS) is 13.6. The lowest BCUT2D eigenvalue weighted by atomic mass is 9.96. The van der Waals surface area contributed by atoms with Crippen LogP contribution in [0.4, 0.5) is 0 Å². The van der Waals surface area contributed by atoms with Crippen LogP contribution in [0.5, 0.6) is 0 Å². The van der Waals surface area contributed by atoms with Gasteiger partial charge in [-0.25, -0.2) is 5.01 Å². The fraction of sp³-hybridized carbons (Fsp3) is 0.364. The first-order valence-electron chi connectivity index (χ1n) is 4.83. The Labute approximate surface area is 93.9 Å². The van der Waals surface area contributed by atoms with Crippen molar-refractivity contribution < 1.29 is 5.11 Å². The molecule has 0 aliphatic rings. The summed E-state index contributed by atoms with van der Waals surface area (Å²) in [7, 11) is 0. The molecule has 0 radical (unpaired) electrons. The maximum Gasteiger partial charge on any atom is 0.126 e. The van der Waals surface area contributed by atoms with Gasteiger partial charge in [0, 0.05) is 0 Å². The van der Waals surface area contributed by atoms with Crippen LogP contribution in [-0.2, 0) is 5.60 Å². The van der Waals surface area contributed by atoms with E-state index in [9.17, 15) is 10.0 Å². The van der Waals surface area contributed by atoms with Gasteiger partial charge in [0.1, 0.15) is 12.1 Å². The molecular formula is C11H13N3O2. The first-order chi connectivity index (χ1) is 7.60. The van der Waals surface area contributed by atoms with E-state index < -0.39 is 5.60 Å². The monoisotopic (exact) mass is 219 g/mol. The molecular weight excluding hydrogens is 206 g/mol. The summed E-state index contributed by atoms with van der Waals surface area (Å²) in [4.78, 5) is 10.4. The van der Waals surface area contributed by atoms with E-state index in [0.717, 1.165) is 5.01 Å². The van der Waals surface area contributed by atoms with Crippen molar-refractivity contribution in [3.63, 3.8) is 0 Å². The Morgan fingerprint density at radius 3 is 2.62 bits per heavy atom. The SMILES string of the molecule is CC(O)(CN(CC#N)N=O)c1ccccc1. The van der Waals surface area contributed by atoms with Gasteiger partial charge in [-0.1, -0.05) is 30.3 Å². The van der Waals surface area contributed by atoms with Crippen molar-refractivity contribution >= 4 is 0 Å². The minimum Gasteiger partial charge on any atom is -0.384 e. The third-order valence-electron chi connectivity index (χ3n) is 2.25. The maximum absolute atomic E-state index is 10.4. The Hall–Kier alpha value is -1.93. The van der Waals surface area contributed by atoms with E-state index in [2.05, 4.69) is 5.29 Å². The molecule has 5 nitrogen and oxygen atoms in total. The lowest BCUT2D eigenvalue weighted by molar-refractivity contribution is 0.0198. The minimum atomic E-state index is -1.20. The summed E-state index contributed by atoms with van der Waals surface area (Å²) in [6, 6.07) is 10.8. The van der Waals surface area contributed by atoms with Crippen molar-refractivity contribution in [2.24, 2.45) is 5.29 Å². The summed E-state index contributed by atoms with van der Waals surface area (Å²) < 4.78 is 0. The Morgan fingerprint density at radius 1 is 1.50 bits per heavy atom. The zero-order chi connectivity index (χ0) is 12.0. The number of nitriles is 1. The molecule has 0 aliphatic carbocycles. The van der Waals surface area contributed by atoms with E-state index in [1.807, 2.05) is 12.1 Å². The van der Waals surface area contributed by atoms with E-state index in [1.54, 1.807) is 31.2 Å². The summed E-state index contributed by atoms with van der Waals surface area (Å²) in [6.45, 7) is 1.44. The Balaban J connectivity index is 2.79. The lowest BCUT2D eigenvalue weighted by Crippen LogP contribution is -2.36. The Kier molecular flexibility index (Phi) is 3.97. The fourth-order valence-electron chi connectivity index (χ4n) is 1.44. The third-order valence-corrected chi connectivity index (χ3v) is 2.25. The summed E-state index contributed by atoms with van der Waals surface area (Å²) in [5.41, 5.74) is -0.520. The molecule has 0 heterocycles. The first-order valence-corrected chi connectivity index (χ1v) is 4.83. The van der Waals surface area contributed by atoms with Crippen LogP contribution in [0, 0.1) is 16.2 Å². The zero-order valence-corrected chi connectivity index (χ0v) is 9.00. The number of hydrogen-bond donors (Lipinski definition) is 1. The first kappa shape index (κ1) is 12.1. The van der Waals surface area contributed by atoms with Crippen LogP contribution < -0.4 is 0 Å². The summed E-state index contributed by atoms with van der Waals surface area (Å²) >= 11 is 0. The summed E-state index contributed by atoms with van der Waals surface area (Å²) in [5.74, 6) is 0. The molecule has 84 valence electrons. The van der Waals surface area contributed by atoms with Gasteiger partial charge in [0.25, 0.3) is 0 Å². The molecule has 0 aromatic heterocycles. The van der Waals surface area contributed by atoms with Gasteiger partial charge in [-0.3, -0.25) is 0 Å². The summed E-state index contributed by atoms with van der Waals surface area (Å²) in [5, 5.41) is 22.3. The number of rotatable bonds is 5. The van der Waals surface area contributed by atoms with Gasteiger partial charge in [-0.05, 0) is 12.5 Å². The molecule has 0 saturated heterocycles. The molecule has 1 unspecified atom stereocenters. The molecule has 0 saturated carbocycles. The van der Waals surface area contributed by atoms with Crippen molar-refractivity contribution in [2.45, 2.75) is 12.5 Å². The topological polar surface area (TPSA) is 76.7 Å². The Bertz CT molecular complexity index is 384. The average molecular weight is 219 g/mol. The van der Waals surface area contributed by atoms with Gasteiger partial charge in [0.2, 0.25) is 0 Å². The highest BCUT2D eigenvalue weighted by molar-refractivity contribution is 5.21. The highest BCUT2D eigenvalue weighted by atomic mass is 16.3. The molecule has 5 heteroatoms. The molecule has 1 rings (SSSR count). The number of benzene rings is 1. The van der Waals surface area contributed by atoms with E-state index in [-0.39, 0.29) is 13.1 Å². The number of aliphatic hydroxyl groups is 1. The number of hydrogen-bond acceptors (Lipinski definition) is 4. The molecule has 1 atom stereocenters. The van der Waals surface area contributed by atoms with Crippen LogP contribution in [0.25, 0.3) is 0 Å². The molecule has 0 bridgehead atoms. The van der Waals surface area contributed by atoms with Crippen molar-refractivity contribution in [1.29, 1.82) is 5.26 Å². The van der Waals surface area contributed by atoms with Gasteiger partial charge in [-0.2, -0.15) is 5.26 Å². The van der Waals surface area contributed by atoms with Crippen LogP contribution in [0.2, 0.25) is 0 Å². The molecule has 16 heavy (non-hydrogen) atoms.